The molecule has 0 saturated carbocycles. The maximum atomic E-state index is 12.6. The average Bonchev–Trinajstić information content (AvgIpc) is 2.73. The number of methoxy groups -OCH3 is 1. The van der Waals surface area contributed by atoms with Crippen molar-refractivity contribution in [2.45, 2.75) is 13.5 Å². The number of ether oxygens (including phenoxy) is 2. The van der Waals surface area contributed by atoms with Crippen molar-refractivity contribution >= 4 is 11.0 Å². The van der Waals surface area contributed by atoms with Crippen molar-refractivity contribution in [2.75, 3.05) is 7.11 Å². The van der Waals surface area contributed by atoms with E-state index in [4.69, 9.17) is 13.9 Å². The molecule has 0 aliphatic carbocycles. The van der Waals surface area contributed by atoms with Crippen molar-refractivity contribution in [3.05, 3.63) is 94.3 Å². The van der Waals surface area contributed by atoms with E-state index in [1.807, 2.05) is 73.7 Å². The van der Waals surface area contributed by atoms with Crippen molar-refractivity contribution in [1.29, 1.82) is 0 Å². The summed E-state index contributed by atoms with van der Waals surface area (Å²) in [5.41, 5.74) is 3.56. The molecule has 0 bridgehead atoms. The number of fused-ring (bicyclic) bond motifs is 1. The molecule has 0 N–H and O–H groups in total. The lowest BCUT2D eigenvalue weighted by molar-refractivity contribution is 0.306. The molecule has 4 rings (SSSR count). The lowest BCUT2D eigenvalue weighted by Crippen LogP contribution is -2.06. The third-order valence-corrected chi connectivity index (χ3v) is 4.77. The fourth-order valence-electron chi connectivity index (χ4n) is 3.25. The van der Waals surface area contributed by atoms with Crippen LogP contribution in [0.1, 0.15) is 11.1 Å². The number of hydrogen-bond acceptors (Lipinski definition) is 4. The smallest absolute Gasteiger partial charge is 0.344 e. The third-order valence-electron chi connectivity index (χ3n) is 4.77. The van der Waals surface area contributed by atoms with Crippen LogP contribution in [0.4, 0.5) is 0 Å². The predicted molar refractivity (Wildman–Crippen MR) is 110 cm³/mol. The molecule has 28 heavy (non-hydrogen) atoms. The quantitative estimate of drug-likeness (QED) is 0.443. The van der Waals surface area contributed by atoms with Gasteiger partial charge in [0.2, 0.25) is 0 Å². The molecule has 0 aliphatic rings. The molecular weight excluding hydrogens is 352 g/mol. The average molecular weight is 372 g/mol. The second-order valence-electron chi connectivity index (χ2n) is 6.55. The van der Waals surface area contributed by atoms with Gasteiger partial charge in [-0.15, -0.1) is 0 Å². The van der Waals surface area contributed by atoms with E-state index in [0.29, 0.717) is 23.5 Å². The minimum Gasteiger partial charge on any atom is -0.497 e. The zero-order valence-corrected chi connectivity index (χ0v) is 15.8. The normalized spacial score (nSPS) is 10.8. The van der Waals surface area contributed by atoms with Crippen LogP contribution < -0.4 is 15.1 Å². The summed E-state index contributed by atoms with van der Waals surface area (Å²) in [4.78, 5) is 12.6. The standard InChI is InChI=1S/C24H20O4/c1-16-21-13-12-20(27-15-17-8-10-19(26-2)11-9-17)14-22(21)28-24(25)23(16)18-6-4-3-5-7-18/h3-14H,15H2,1-2H3. The first-order valence-electron chi connectivity index (χ1n) is 9.04. The van der Waals surface area contributed by atoms with Crippen molar-refractivity contribution in [1.82, 2.24) is 0 Å². The van der Waals surface area contributed by atoms with Crippen molar-refractivity contribution in [3.8, 4) is 22.6 Å². The topological polar surface area (TPSA) is 48.7 Å². The Morgan fingerprint density at radius 3 is 2.32 bits per heavy atom. The Balaban J connectivity index is 1.63. The summed E-state index contributed by atoms with van der Waals surface area (Å²) in [6, 6.07) is 22.9. The highest BCUT2D eigenvalue weighted by molar-refractivity contribution is 5.87. The van der Waals surface area contributed by atoms with E-state index < -0.39 is 0 Å². The van der Waals surface area contributed by atoms with E-state index in [9.17, 15) is 4.79 Å². The Labute approximate surface area is 163 Å². The summed E-state index contributed by atoms with van der Waals surface area (Å²) in [5, 5.41) is 0.898. The highest BCUT2D eigenvalue weighted by Gasteiger charge is 2.13. The van der Waals surface area contributed by atoms with Gasteiger partial charge in [0.25, 0.3) is 0 Å². The molecule has 4 aromatic rings. The van der Waals surface area contributed by atoms with Gasteiger partial charge < -0.3 is 13.9 Å². The molecule has 0 aliphatic heterocycles. The number of benzene rings is 3. The Bertz CT molecular complexity index is 1160. The molecule has 0 amide bonds. The summed E-state index contributed by atoms with van der Waals surface area (Å²) >= 11 is 0. The monoisotopic (exact) mass is 372 g/mol. The van der Waals surface area contributed by atoms with E-state index in [0.717, 1.165) is 27.8 Å². The molecule has 140 valence electrons. The minimum atomic E-state index is -0.344. The molecule has 0 unspecified atom stereocenters. The van der Waals surface area contributed by atoms with Crippen molar-refractivity contribution in [3.63, 3.8) is 0 Å². The van der Waals surface area contributed by atoms with Crippen molar-refractivity contribution in [2.24, 2.45) is 0 Å². The zero-order chi connectivity index (χ0) is 19.5. The lowest BCUT2D eigenvalue weighted by Gasteiger charge is -2.10. The molecule has 4 heteroatoms. The molecule has 0 atom stereocenters. The third kappa shape index (κ3) is 3.49. The SMILES string of the molecule is COc1ccc(COc2ccc3c(C)c(-c4ccccc4)c(=O)oc3c2)cc1. The summed E-state index contributed by atoms with van der Waals surface area (Å²) in [6.45, 7) is 2.36. The zero-order valence-electron chi connectivity index (χ0n) is 15.8. The molecular formula is C24H20O4. The van der Waals surface area contributed by atoms with E-state index >= 15 is 0 Å². The summed E-state index contributed by atoms with van der Waals surface area (Å²) in [6.07, 6.45) is 0. The van der Waals surface area contributed by atoms with Gasteiger partial charge in [-0.05, 0) is 47.9 Å². The van der Waals surface area contributed by atoms with E-state index in [2.05, 4.69) is 0 Å². The van der Waals surface area contributed by atoms with Crippen LogP contribution in [-0.4, -0.2) is 7.11 Å². The fraction of sp³-hybridized carbons (Fsp3) is 0.125. The number of aryl methyl sites for hydroxylation is 1. The van der Waals surface area contributed by atoms with Crippen LogP contribution in [0.5, 0.6) is 11.5 Å². The first kappa shape index (κ1) is 17.9. The summed E-state index contributed by atoms with van der Waals surface area (Å²) in [7, 11) is 1.64. The first-order chi connectivity index (χ1) is 13.7. The molecule has 0 spiro atoms. The molecule has 1 aromatic heterocycles. The van der Waals surface area contributed by atoms with E-state index in [1.54, 1.807) is 13.2 Å². The van der Waals surface area contributed by atoms with Gasteiger partial charge in [-0.25, -0.2) is 4.79 Å². The van der Waals surface area contributed by atoms with Crippen molar-refractivity contribution < 1.29 is 13.9 Å². The lowest BCUT2D eigenvalue weighted by atomic mass is 10.00. The van der Waals surface area contributed by atoms with Crippen LogP contribution in [0.25, 0.3) is 22.1 Å². The van der Waals surface area contributed by atoms with Gasteiger partial charge in [0.1, 0.15) is 23.7 Å². The van der Waals surface area contributed by atoms with Gasteiger partial charge >= 0.3 is 5.63 Å². The highest BCUT2D eigenvalue weighted by Crippen LogP contribution is 2.29. The van der Waals surface area contributed by atoms with Gasteiger partial charge in [0.05, 0.1) is 12.7 Å². The maximum absolute atomic E-state index is 12.6. The Kier molecular flexibility index (Phi) is 4.85. The summed E-state index contributed by atoms with van der Waals surface area (Å²) in [5.74, 6) is 1.46. The second kappa shape index (κ2) is 7.61. The predicted octanol–water partition coefficient (Wildman–Crippen LogP) is 5.36. The van der Waals surface area contributed by atoms with E-state index in [1.165, 1.54) is 0 Å². The first-order valence-corrected chi connectivity index (χ1v) is 9.04. The molecule has 0 saturated heterocycles. The largest absolute Gasteiger partial charge is 0.497 e. The maximum Gasteiger partial charge on any atom is 0.344 e. The molecule has 0 fully saturated rings. The van der Waals surface area contributed by atoms with Crippen LogP contribution >= 0.6 is 0 Å². The Morgan fingerprint density at radius 2 is 1.61 bits per heavy atom. The number of rotatable bonds is 5. The number of hydrogen-bond donors (Lipinski definition) is 0. The highest BCUT2D eigenvalue weighted by atomic mass is 16.5. The Hall–Kier alpha value is -3.53. The van der Waals surface area contributed by atoms with Crippen LogP contribution in [0, 0.1) is 6.92 Å². The van der Waals surface area contributed by atoms with E-state index in [-0.39, 0.29) is 5.63 Å². The van der Waals surface area contributed by atoms with Gasteiger partial charge in [-0.3, -0.25) is 0 Å². The minimum absolute atomic E-state index is 0.344. The van der Waals surface area contributed by atoms with Crippen LogP contribution in [0.15, 0.2) is 82.0 Å². The van der Waals surface area contributed by atoms with Gasteiger partial charge in [0.15, 0.2) is 0 Å². The molecule has 0 radical (unpaired) electrons. The molecule has 3 aromatic carbocycles. The van der Waals surface area contributed by atoms with Gasteiger partial charge in [-0.1, -0.05) is 42.5 Å². The fourth-order valence-corrected chi connectivity index (χ4v) is 3.25. The van der Waals surface area contributed by atoms with Crippen LogP contribution in [-0.2, 0) is 6.61 Å². The summed E-state index contributed by atoms with van der Waals surface area (Å²) < 4.78 is 16.6. The van der Waals surface area contributed by atoms with Crippen LogP contribution in [0.3, 0.4) is 0 Å². The van der Waals surface area contributed by atoms with Crippen LogP contribution in [0.2, 0.25) is 0 Å². The van der Waals surface area contributed by atoms with Gasteiger partial charge in [-0.2, -0.15) is 0 Å². The Morgan fingerprint density at radius 1 is 0.893 bits per heavy atom. The molecule has 4 nitrogen and oxygen atoms in total. The second-order valence-corrected chi connectivity index (χ2v) is 6.55. The molecule has 1 heterocycles. The van der Waals surface area contributed by atoms with Gasteiger partial charge in [0, 0.05) is 11.5 Å².